The summed E-state index contributed by atoms with van der Waals surface area (Å²) in [7, 11) is 0. The fraction of sp³-hybridized carbons (Fsp3) is 0. The third-order valence-corrected chi connectivity index (χ3v) is 11.0. The molecule has 0 aliphatic rings. The van der Waals surface area contributed by atoms with E-state index in [1.54, 1.807) is 0 Å². The van der Waals surface area contributed by atoms with Crippen LogP contribution < -0.4 is 4.90 Å². The predicted octanol–water partition coefficient (Wildman–Crippen LogP) is 15.0. The number of benzene rings is 10. The van der Waals surface area contributed by atoms with Gasteiger partial charge in [-0.2, -0.15) is 0 Å². The van der Waals surface area contributed by atoms with E-state index in [4.69, 9.17) is 4.42 Å². The van der Waals surface area contributed by atoms with Crippen molar-refractivity contribution in [3.63, 3.8) is 0 Å². The average molecular weight is 688 g/mol. The molecule has 2 nitrogen and oxygen atoms in total. The minimum atomic E-state index is 0.871. The largest absolute Gasteiger partial charge is 0.456 e. The molecular formula is C52H33NO. The average Bonchev–Trinajstić information content (AvgIpc) is 3.63. The van der Waals surface area contributed by atoms with Gasteiger partial charge in [-0.15, -0.1) is 0 Å². The van der Waals surface area contributed by atoms with Gasteiger partial charge < -0.3 is 9.32 Å². The van der Waals surface area contributed by atoms with E-state index in [9.17, 15) is 0 Å². The maximum Gasteiger partial charge on any atom is 0.137 e. The quantitative estimate of drug-likeness (QED) is 0.168. The van der Waals surface area contributed by atoms with Crippen LogP contribution in [-0.4, -0.2) is 0 Å². The lowest BCUT2D eigenvalue weighted by Crippen LogP contribution is -2.11. The summed E-state index contributed by atoms with van der Waals surface area (Å²) in [5, 5.41) is 12.1. The highest BCUT2D eigenvalue weighted by Crippen LogP contribution is 2.48. The van der Waals surface area contributed by atoms with Crippen molar-refractivity contribution in [3.05, 3.63) is 200 Å². The zero-order valence-corrected chi connectivity index (χ0v) is 29.4. The molecule has 0 radical (unpaired) electrons. The summed E-state index contributed by atoms with van der Waals surface area (Å²) in [5.74, 6) is 0. The van der Waals surface area contributed by atoms with Gasteiger partial charge in [0.05, 0.1) is 16.8 Å². The zero-order chi connectivity index (χ0) is 35.6. The number of anilines is 3. The van der Waals surface area contributed by atoms with Gasteiger partial charge in [-0.3, -0.25) is 0 Å². The number of furan rings is 1. The molecule has 0 bridgehead atoms. The van der Waals surface area contributed by atoms with Crippen molar-refractivity contribution < 1.29 is 4.42 Å². The molecular weight excluding hydrogens is 655 g/mol. The molecule has 0 atom stereocenters. The molecule has 0 saturated carbocycles. The Kier molecular flexibility index (Phi) is 6.90. The van der Waals surface area contributed by atoms with E-state index in [1.165, 1.54) is 65.3 Å². The SMILES string of the molecule is c1ccc(-c2c(-c3ccc(N(c4cc5ccccc5c5ccccc45)c4cccc5oc6ccccc6c45)cc3)c3ccccc3c3ccccc23)cc1. The lowest BCUT2D eigenvalue weighted by molar-refractivity contribution is 0.669. The van der Waals surface area contributed by atoms with Crippen LogP contribution in [0, 0.1) is 0 Å². The van der Waals surface area contributed by atoms with Crippen molar-refractivity contribution in [2.24, 2.45) is 0 Å². The van der Waals surface area contributed by atoms with E-state index in [1.807, 2.05) is 6.07 Å². The van der Waals surface area contributed by atoms with E-state index in [0.29, 0.717) is 0 Å². The van der Waals surface area contributed by atoms with Gasteiger partial charge in [0.15, 0.2) is 0 Å². The third-order valence-electron chi connectivity index (χ3n) is 11.0. The van der Waals surface area contributed by atoms with Gasteiger partial charge >= 0.3 is 0 Å². The Labute approximate surface area is 312 Å². The lowest BCUT2D eigenvalue weighted by atomic mass is 9.85. The van der Waals surface area contributed by atoms with Gasteiger partial charge in [-0.05, 0) is 96.4 Å². The van der Waals surface area contributed by atoms with Gasteiger partial charge in [0.2, 0.25) is 0 Å². The van der Waals surface area contributed by atoms with Crippen LogP contribution in [0.25, 0.3) is 87.3 Å². The minimum absolute atomic E-state index is 0.871. The van der Waals surface area contributed by atoms with Crippen LogP contribution in [0.3, 0.4) is 0 Å². The maximum atomic E-state index is 6.45. The van der Waals surface area contributed by atoms with Crippen molar-refractivity contribution in [2.75, 3.05) is 4.90 Å². The normalized spacial score (nSPS) is 11.7. The molecule has 1 heterocycles. The summed E-state index contributed by atoms with van der Waals surface area (Å²) in [4.78, 5) is 2.43. The Bertz CT molecular complexity index is 3210. The molecule has 11 aromatic rings. The van der Waals surface area contributed by atoms with Crippen molar-refractivity contribution >= 4 is 82.1 Å². The molecule has 1 aromatic heterocycles. The molecule has 0 aliphatic carbocycles. The second-order valence-corrected chi connectivity index (χ2v) is 14.0. The van der Waals surface area contributed by atoms with Crippen LogP contribution in [0.2, 0.25) is 0 Å². The van der Waals surface area contributed by atoms with E-state index < -0.39 is 0 Å². The predicted molar refractivity (Wildman–Crippen MR) is 229 cm³/mol. The monoisotopic (exact) mass is 687 g/mol. The molecule has 252 valence electrons. The number of hydrogen-bond donors (Lipinski definition) is 0. The second kappa shape index (κ2) is 12.2. The van der Waals surface area contributed by atoms with E-state index in [-0.39, 0.29) is 0 Å². The third kappa shape index (κ3) is 4.67. The minimum Gasteiger partial charge on any atom is -0.456 e. The standard InChI is InChI=1S/C52H33NO/c1-2-15-34(16-3-1)50-43-23-10-7-20-40(43)41-21-8-11-24-44(41)51(50)35-29-31-37(32-30-35)53(46-26-14-28-49-52(46)45-25-12-13-27-48(45)54-49)47-33-36-17-4-5-18-38(36)39-19-6-9-22-42(39)47/h1-33H. The molecule has 11 rings (SSSR count). The number of rotatable bonds is 5. The Hall–Kier alpha value is -7.16. The number of nitrogens with zero attached hydrogens (tertiary/aromatic N) is 1. The van der Waals surface area contributed by atoms with Gasteiger partial charge in [-0.1, -0.05) is 164 Å². The molecule has 0 amide bonds. The summed E-state index contributed by atoms with van der Waals surface area (Å²) in [5.41, 5.74) is 9.91. The molecule has 0 fully saturated rings. The van der Waals surface area contributed by atoms with Gasteiger partial charge in [0.25, 0.3) is 0 Å². The molecule has 0 spiro atoms. The van der Waals surface area contributed by atoms with Crippen LogP contribution in [0.5, 0.6) is 0 Å². The van der Waals surface area contributed by atoms with Crippen LogP contribution in [0.15, 0.2) is 205 Å². The molecule has 2 heteroatoms. The number of fused-ring (bicyclic) bond motifs is 9. The number of para-hydroxylation sites is 1. The topological polar surface area (TPSA) is 16.4 Å². The van der Waals surface area contributed by atoms with Crippen LogP contribution in [0.4, 0.5) is 17.1 Å². The Morgan fingerprint density at radius 3 is 1.50 bits per heavy atom. The molecule has 0 saturated heterocycles. The summed E-state index contributed by atoms with van der Waals surface area (Å²) >= 11 is 0. The Morgan fingerprint density at radius 2 is 0.815 bits per heavy atom. The lowest BCUT2D eigenvalue weighted by Gasteiger charge is -2.28. The fourth-order valence-electron chi connectivity index (χ4n) is 8.69. The van der Waals surface area contributed by atoms with Crippen LogP contribution >= 0.6 is 0 Å². The Balaban J connectivity index is 1.20. The van der Waals surface area contributed by atoms with Crippen LogP contribution in [0.1, 0.15) is 0 Å². The molecule has 10 aromatic carbocycles. The molecule has 0 aliphatic heterocycles. The van der Waals surface area contributed by atoms with Crippen molar-refractivity contribution in [2.45, 2.75) is 0 Å². The first-order valence-corrected chi connectivity index (χ1v) is 18.5. The van der Waals surface area contributed by atoms with E-state index in [2.05, 4.69) is 199 Å². The van der Waals surface area contributed by atoms with Gasteiger partial charge in [0, 0.05) is 16.5 Å². The van der Waals surface area contributed by atoms with Gasteiger partial charge in [0.1, 0.15) is 11.2 Å². The first-order valence-electron chi connectivity index (χ1n) is 18.5. The first kappa shape index (κ1) is 30.5. The van der Waals surface area contributed by atoms with E-state index in [0.717, 1.165) is 39.0 Å². The smallest absolute Gasteiger partial charge is 0.137 e. The van der Waals surface area contributed by atoms with Crippen molar-refractivity contribution in [3.8, 4) is 22.3 Å². The number of hydrogen-bond acceptors (Lipinski definition) is 2. The van der Waals surface area contributed by atoms with Crippen molar-refractivity contribution in [1.82, 2.24) is 0 Å². The summed E-state index contributed by atoms with van der Waals surface area (Å²) in [6.07, 6.45) is 0. The first-order chi connectivity index (χ1) is 26.8. The summed E-state index contributed by atoms with van der Waals surface area (Å²) in [6.45, 7) is 0. The fourth-order valence-corrected chi connectivity index (χ4v) is 8.69. The van der Waals surface area contributed by atoms with Crippen LogP contribution in [-0.2, 0) is 0 Å². The summed E-state index contributed by atoms with van der Waals surface area (Å²) < 4.78 is 6.45. The Morgan fingerprint density at radius 1 is 0.315 bits per heavy atom. The van der Waals surface area contributed by atoms with Crippen molar-refractivity contribution in [1.29, 1.82) is 0 Å². The highest BCUT2D eigenvalue weighted by atomic mass is 16.3. The highest BCUT2D eigenvalue weighted by molar-refractivity contribution is 6.22. The second-order valence-electron chi connectivity index (χ2n) is 14.0. The zero-order valence-electron chi connectivity index (χ0n) is 29.4. The van der Waals surface area contributed by atoms with Gasteiger partial charge in [-0.25, -0.2) is 0 Å². The molecule has 54 heavy (non-hydrogen) atoms. The highest BCUT2D eigenvalue weighted by Gasteiger charge is 2.23. The summed E-state index contributed by atoms with van der Waals surface area (Å²) in [6, 6.07) is 72.3. The maximum absolute atomic E-state index is 6.45. The van der Waals surface area contributed by atoms with E-state index >= 15 is 0 Å². The molecule has 0 N–H and O–H groups in total. The molecule has 0 unspecified atom stereocenters.